The van der Waals surface area contributed by atoms with Crippen molar-refractivity contribution in [1.82, 2.24) is 9.78 Å². The average Bonchev–Trinajstić information content (AvgIpc) is 2.44. The van der Waals surface area contributed by atoms with E-state index in [1.54, 1.807) is 0 Å². The molecule has 0 aliphatic heterocycles. The van der Waals surface area contributed by atoms with Crippen molar-refractivity contribution in [1.29, 1.82) is 0 Å². The predicted molar refractivity (Wildman–Crippen MR) is 57.1 cm³/mol. The van der Waals surface area contributed by atoms with Crippen LogP contribution in [0.15, 0.2) is 6.07 Å². The van der Waals surface area contributed by atoms with Gasteiger partial charge in [0.2, 0.25) is 0 Å². The summed E-state index contributed by atoms with van der Waals surface area (Å²) in [5, 5.41) is 14.1. The number of aryl methyl sites for hydroxylation is 2. The minimum absolute atomic E-state index is 0.255. The molecule has 3 heteroatoms. The van der Waals surface area contributed by atoms with E-state index < -0.39 is 0 Å². The summed E-state index contributed by atoms with van der Waals surface area (Å²) in [5.74, 6) is 0.352. The molecule has 1 aromatic rings. The minimum atomic E-state index is -0.255. The smallest absolute Gasteiger partial charge is 0.0620 e. The molecule has 2 unspecified atom stereocenters. The van der Waals surface area contributed by atoms with Crippen molar-refractivity contribution >= 4 is 0 Å². The van der Waals surface area contributed by atoms with Gasteiger partial charge in [-0.1, -0.05) is 20.3 Å². The summed E-state index contributed by atoms with van der Waals surface area (Å²) in [6.07, 6.45) is 1.46. The molecular formula is C11H20N2O. The topological polar surface area (TPSA) is 38.1 Å². The fraction of sp³-hybridized carbons (Fsp3) is 0.727. The van der Waals surface area contributed by atoms with E-state index in [9.17, 15) is 5.11 Å². The predicted octanol–water partition coefficient (Wildman–Crippen LogP) is 1.68. The summed E-state index contributed by atoms with van der Waals surface area (Å²) < 4.78 is 1.85. The van der Waals surface area contributed by atoms with Gasteiger partial charge in [-0.25, -0.2) is 0 Å². The Hall–Kier alpha value is -0.830. The van der Waals surface area contributed by atoms with Crippen molar-refractivity contribution in [3.8, 4) is 0 Å². The molecule has 1 aromatic heterocycles. The Morgan fingerprint density at radius 1 is 1.57 bits per heavy atom. The Balaban J connectivity index is 2.64. The van der Waals surface area contributed by atoms with Gasteiger partial charge in [0.1, 0.15) is 0 Å². The van der Waals surface area contributed by atoms with Gasteiger partial charge in [0.15, 0.2) is 0 Å². The second-order valence-corrected chi connectivity index (χ2v) is 4.06. The van der Waals surface area contributed by atoms with Crippen molar-refractivity contribution < 1.29 is 5.11 Å². The maximum atomic E-state index is 9.86. The second-order valence-electron chi connectivity index (χ2n) is 4.06. The lowest BCUT2D eigenvalue weighted by Crippen LogP contribution is -2.21. The van der Waals surface area contributed by atoms with Crippen LogP contribution in [0.2, 0.25) is 0 Å². The Labute approximate surface area is 85.8 Å². The number of aliphatic hydroxyl groups is 1. The summed E-state index contributed by atoms with van der Waals surface area (Å²) in [6.45, 7) is 6.15. The molecule has 1 heterocycles. The van der Waals surface area contributed by atoms with E-state index in [0.29, 0.717) is 12.3 Å². The molecule has 0 amide bonds. The highest BCUT2D eigenvalue weighted by atomic mass is 16.3. The Morgan fingerprint density at radius 2 is 2.21 bits per heavy atom. The zero-order chi connectivity index (χ0) is 10.7. The van der Waals surface area contributed by atoms with Crippen LogP contribution in [0.3, 0.4) is 0 Å². The van der Waals surface area contributed by atoms with E-state index >= 15 is 0 Å². The van der Waals surface area contributed by atoms with Gasteiger partial charge in [-0.05, 0) is 18.9 Å². The van der Waals surface area contributed by atoms with Crippen molar-refractivity contribution in [2.45, 2.75) is 39.7 Å². The van der Waals surface area contributed by atoms with Crippen molar-refractivity contribution in [3.05, 3.63) is 17.5 Å². The van der Waals surface area contributed by atoms with Gasteiger partial charge in [0, 0.05) is 19.2 Å². The van der Waals surface area contributed by atoms with Crippen LogP contribution in [0.4, 0.5) is 0 Å². The highest BCUT2D eigenvalue weighted by molar-refractivity contribution is 5.09. The summed E-state index contributed by atoms with van der Waals surface area (Å²) in [6, 6.07) is 2.03. The van der Waals surface area contributed by atoms with Crippen LogP contribution < -0.4 is 0 Å². The van der Waals surface area contributed by atoms with E-state index in [4.69, 9.17) is 0 Å². The maximum Gasteiger partial charge on any atom is 0.0620 e. The Kier molecular flexibility index (Phi) is 3.69. The molecular weight excluding hydrogens is 176 g/mol. The number of hydrogen-bond donors (Lipinski definition) is 1. The number of rotatable bonds is 4. The highest BCUT2D eigenvalue weighted by Gasteiger charge is 2.14. The molecule has 0 aliphatic rings. The highest BCUT2D eigenvalue weighted by Crippen LogP contribution is 2.13. The van der Waals surface area contributed by atoms with E-state index in [1.807, 2.05) is 24.7 Å². The van der Waals surface area contributed by atoms with Gasteiger partial charge in [-0.2, -0.15) is 5.10 Å². The first-order valence-electron chi connectivity index (χ1n) is 5.22. The third-order valence-electron chi connectivity index (χ3n) is 2.82. The maximum absolute atomic E-state index is 9.86. The van der Waals surface area contributed by atoms with Crippen LogP contribution in [-0.2, 0) is 13.5 Å². The standard InChI is InChI=1S/C11H20N2O/c1-5-8(2)11(14)7-10-6-9(3)12-13(10)4/h6,8,11,14H,5,7H2,1-4H3. The van der Waals surface area contributed by atoms with E-state index in [2.05, 4.69) is 18.9 Å². The van der Waals surface area contributed by atoms with Crippen molar-refractivity contribution in [2.24, 2.45) is 13.0 Å². The molecule has 0 fully saturated rings. The first kappa shape index (κ1) is 11.2. The van der Waals surface area contributed by atoms with Crippen LogP contribution in [0.5, 0.6) is 0 Å². The zero-order valence-corrected chi connectivity index (χ0v) is 9.49. The minimum Gasteiger partial charge on any atom is -0.392 e. The molecule has 1 rings (SSSR count). The monoisotopic (exact) mass is 196 g/mol. The average molecular weight is 196 g/mol. The first-order chi connectivity index (χ1) is 6.54. The number of aliphatic hydroxyl groups excluding tert-OH is 1. The van der Waals surface area contributed by atoms with Crippen LogP contribution >= 0.6 is 0 Å². The summed E-state index contributed by atoms with van der Waals surface area (Å²) in [7, 11) is 1.92. The fourth-order valence-corrected chi connectivity index (χ4v) is 1.54. The third-order valence-corrected chi connectivity index (χ3v) is 2.82. The number of nitrogens with zero attached hydrogens (tertiary/aromatic N) is 2. The molecule has 0 saturated heterocycles. The lowest BCUT2D eigenvalue weighted by molar-refractivity contribution is 0.113. The molecule has 0 saturated carbocycles. The lowest BCUT2D eigenvalue weighted by atomic mass is 9.98. The molecule has 0 radical (unpaired) electrons. The lowest BCUT2D eigenvalue weighted by Gasteiger charge is -2.16. The van der Waals surface area contributed by atoms with E-state index in [0.717, 1.165) is 17.8 Å². The van der Waals surface area contributed by atoms with Gasteiger partial charge in [0.05, 0.1) is 11.8 Å². The van der Waals surface area contributed by atoms with Crippen molar-refractivity contribution in [2.75, 3.05) is 0 Å². The van der Waals surface area contributed by atoms with Crippen LogP contribution in [-0.4, -0.2) is 21.0 Å². The first-order valence-corrected chi connectivity index (χ1v) is 5.22. The van der Waals surface area contributed by atoms with E-state index in [1.165, 1.54) is 0 Å². The van der Waals surface area contributed by atoms with Gasteiger partial charge >= 0.3 is 0 Å². The Bertz CT molecular complexity index is 293. The van der Waals surface area contributed by atoms with Gasteiger partial charge in [-0.3, -0.25) is 4.68 Å². The number of aromatic nitrogens is 2. The third kappa shape index (κ3) is 2.58. The number of hydrogen-bond acceptors (Lipinski definition) is 2. The molecule has 3 nitrogen and oxygen atoms in total. The van der Waals surface area contributed by atoms with Crippen LogP contribution in [0, 0.1) is 12.8 Å². The molecule has 14 heavy (non-hydrogen) atoms. The summed E-state index contributed by atoms with van der Waals surface area (Å²) >= 11 is 0. The van der Waals surface area contributed by atoms with Gasteiger partial charge < -0.3 is 5.11 Å². The normalized spacial score (nSPS) is 15.5. The van der Waals surface area contributed by atoms with Gasteiger partial charge in [-0.15, -0.1) is 0 Å². The Morgan fingerprint density at radius 3 is 2.64 bits per heavy atom. The van der Waals surface area contributed by atoms with Crippen LogP contribution in [0.1, 0.15) is 31.7 Å². The fourth-order valence-electron chi connectivity index (χ4n) is 1.54. The van der Waals surface area contributed by atoms with Crippen LogP contribution in [0.25, 0.3) is 0 Å². The van der Waals surface area contributed by atoms with E-state index in [-0.39, 0.29) is 6.10 Å². The molecule has 0 bridgehead atoms. The molecule has 0 aromatic carbocycles. The van der Waals surface area contributed by atoms with Gasteiger partial charge in [0.25, 0.3) is 0 Å². The zero-order valence-electron chi connectivity index (χ0n) is 9.49. The molecule has 0 spiro atoms. The quantitative estimate of drug-likeness (QED) is 0.795. The molecule has 1 N–H and O–H groups in total. The largest absolute Gasteiger partial charge is 0.392 e. The van der Waals surface area contributed by atoms with Crippen molar-refractivity contribution in [3.63, 3.8) is 0 Å². The molecule has 2 atom stereocenters. The summed E-state index contributed by atoms with van der Waals surface area (Å²) in [5.41, 5.74) is 2.12. The SMILES string of the molecule is CCC(C)C(O)Cc1cc(C)nn1C. The molecule has 80 valence electrons. The summed E-state index contributed by atoms with van der Waals surface area (Å²) in [4.78, 5) is 0. The molecule has 0 aliphatic carbocycles. The second kappa shape index (κ2) is 4.60.